The van der Waals surface area contributed by atoms with Gasteiger partial charge in [-0.05, 0) is 13.0 Å². The lowest BCUT2D eigenvalue weighted by molar-refractivity contribution is -0.385. The van der Waals surface area contributed by atoms with Crippen LogP contribution in [0.15, 0.2) is 53.1 Å². The van der Waals surface area contributed by atoms with Gasteiger partial charge in [-0.3, -0.25) is 25.0 Å². The lowest BCUT2D eigenvalue weighted by Gasteiger charge is -2.04. The van der Waals surface area contributed by atoms with E-state index in [-0.39, 0.29) is 50.1 Å². The van der Waals surface area contributed by atoms with E-state index in [0.717, 1.165) is 24.4 Å². The van der Waals surface area contributed by atoms with E-state index in [1.807, 2.05) is 0 Å². The molecule has 37 heavy (non-hydrogen) atoms. The first-order valence-electron chi connectivity index (χ1n) is 9.91. The molecule has 0 amide bonds. The minimum absolute atomic E-state index is 0.0308. The number of H-pyrrole nitrogens is 1. The zero-order chi connectivity index (χ0) is 27.7. The summed E-state index contributed by atoms with van der Waals surface area (Å²) in [6.45, 7) is 1.77. The van der Waals surface area contributed by atoms with Crippen LogP contribution in [-0.4, -0.2) is 27.4 Å². The number of esters is 1. The number of carbonyl (C=O) groups excluding carboxylic acids is 1. The number of aromatic nitrogens is 1. The van der Waals surface area contributed by atoms with E-state index in [0.29, 0.717) is 5.69 Å². The summed E-state index contributed by atoms with van der Waals surface area (Å²) in [5.41, 5.74) is -0.767. The number of nitrogens with zero attached hydrogens (tertiary/aromatic N) is 4. The summed E-state index contributed by atoms with van der Waals surface area (Å²) >= 11 is 11.7. The first-order chi connectivity index (χ1) is 17.5. The van der Waals surface area contributed by atoms with Gasteiger partial charge in [0.2, 0.25) is 5.43 Å². The van der Waals surface area contributed by atoms with Crippen molar-refractivity contribution in [2.24, 2.45) is 0 Å². The Balaban J connectivity index is 0.000000263. The maximum Gasteiger partial charge on any atom is 0.350 e. The lowest BCUT2D eigenvalue weighted by Crippen LogP contribution is -2.08. The molecule has 3 aromatic rings. The van der Waals surface area contributed by atoms with Crippen molar-refractivity contribution in [1.29, 1.82) is 10.5 Å². The number of hydrogen-bond donors (Lipinski definition) is 2. The van der Waals surface area contributed by atoms with Gasteiger partial charge in [0.1, 0.15) is 17.7 Å². The molecule has 0 aliphatic carbocycles. The summed E-state index contributed by atoms with van der Waals surface area (Å²) in [4.78, 5) is 45.7. The van der Waals surface area contributed by atoms with Crippen molar-refractivity contribution >= 4 is 57.1 Å². The molecule has 0 saturated heterocycles. The van der Waals surface area contributed by atoms with E-state index in [1.165, 1.54) is 18.3 Å². The highest BCUT2D eigenvalue weighted by atomic mass is 35.5. The Kier molecular flexibility index (Phi) is 9.66. The monoisotopic (exact) mass is 544 g/mol. The number of rotatable bonds is 6. The molecule has 0 aliphatic heterocycles. The number of non-ortho nitro benzene ring substituents is 2. The van der Waals surface area contributed by atoms with E-state index < -0.39 is 21.2 Å². The zero-order valence-corrected chi connectivity index (χ0v) is 20.2. The first-order valence-corrected chi connectivity index (χ1v) is 10.7. The number of aromatic amines is 1. The number of nitro groups is 2. The molecule has 0 radical (unpaired) electrons. The van der Waals surface area contributed by atoms with Crippen LogP contribution >= 0.6 is 23.2 Å². The fourth-order valence-corrected chi connectivity index (χ4v) is 3.19. The van der Waals surface area contributed by atoms with Crippen molar-refractivity contribution in [1.82, 2.24) is 4.98 Å². The van der Waals surface area contributed by atoms with Crippen molar-refractivity contribution in [3.8, 4) is 12.1 Å². The molecule has 13 nitrogen and oxygen atoms in total. The SMILES string of the molecule is CCOC(=O)/C(C#N)=C\Nc1ccc([N+](=O)[O-])cc1Cl.N#Cc1c[nH]c2c(Cl)cc([N+](=O)[O-])cc2c1=O. The van der Waals surface area contributed by atoms with Gasteiger partial charge in [-0.2, -0.15) is 10.5 Å². The van der Waals surface area contributed by atoms with Gasteiger partial charge in [0, 0.05) is 36.7 Å². The number of anilines is 1. The Morgan fingerprint density at radius 3 is 2.32 bits per heavy atom. The number of halogens is 2. The summed E-state index contributed by atoms with van der Waals surface area (Å²) in [7, 11) is 0. The minimum atomic E-state index is -0.763. The van der Waals surface area contributed by atoms with Crippen LogP contribution < -0.4 is 10.7 Å². The largest absolute Gasteiger partial charge is 0.462 e. The fraction of sp³-hybridized carbons (Fsp3) is 0.0909. The average Bonchev–Trinajstić information content (AvgIpc) is 2.86. The molecule has 0 unspecified atom stereocenters. The Morgan fingerprint density at radius 1 is 1.14 bits per heavy atom. The van der Waals surface area contributed by atoms with Crippen LogP contribution in [0.4, 0.5) is 17.1 Å². The smallest absolute Gasteiger partial charge is 0.350 e. The predicted octanol–water partition coefficient (Wildman–Crippen LogP) is 4.59. The molecule has 3 rings (SSSR count). The second kappa shape index (κ2) is 12.6. The normalized spacial score (nSPS) is 10.4. The van der Waals surface area contributed by atoms with Crippen LogP contribution in [0.5, 0.6) is 0 Å². The number of nitriles is 2. The third kappa shape index (κ3) is 7.02. The highest BCUT2D eigenvalue weighted by molar-refractivity contribution is 6.35. The quantitative estimate of drug-likeness (QED) is 0.145. The van der Waals surface area contributed by atoms with Crippen LogP contribution in [0.1, 0.15) is 12.5 Å². The van der Waals surface area contributed by atoms with Crippen molar-refractivity contribution < 1.29 is 19.4 Å². The van der Waals surface area contributed by atoms with Crippen LogP contribution in [0.3, 0.4) is 0 Å². The molecule has 0 atom stereocenters. The van der Waals surface area contributed by atoms with Crippen molar-refractivity contribution in [3.63, 3.8) is 0 Å². The van der Waals surface area contributed by atoms with Gasteiger partial charge in [-0.15, -0.1) is 0 Å². The number of carbonyl (C=O) groups is 1. The molecule has 2 aromatic carbocycles. The number of fused-ring (bicyclic) bond motifs is 1. The third-order valence-electron chi connectivity index (χ3n) is 4.41. The van der Waals surface area contributed by atoms with Gasteiger partial charge in [-0.1, -0.05) is 23.2 Å². The van der Waals surface area contributed by atoms with Crippen LogP contribution in [0.25, 0.3) is 10.9 Å². The molecule has 2 N–H and O–H groups in total. The molecule has 0 saturated carbocycles. The molecule has 0 bridgehead atoms. The first kappa shape index (κ1) is 28.3. The van der Waals surface area contributed by atoms with E-state index in [2.05, 4.69) is 15.0 Å². The van der Waals surface area contributed by atoms with Gasteiger partial charge in [0.25, 0.3) is 11.4 Å². The number of nitro benzene ring substituents is 2. The lowest BCUT2D eigenvalue weighted by atomic mass is 10.1. The average molecular weight is 545 g/mol. The van der Waals surface area contributed by atoms with Crippen LogP contribution in [-0.2, 0) is 9.53 Å². The Hall–Kier alpha value is -4.98. The Morgan fingerprint density at radius 2 is 1.78 bits per heavy atom. The molecule has 188 valence electrons. The molecular formula is C22H14Cl2N6O7. The summed E-state index contributed by atoms with van der Waals surface area (Å²) in [5.74, 6) is -0.763. The van der Waals surface area contributed by atoms with Crippen molar-refractivity contribution in [2.45, 2.75) is 6.92 Å². The van der Waals surface area contributed by atoms with Gasteiger partial charge >= 0.3 is 5.97 Å². The second-order valence-corrected chi connectivity index (χ2v) is 7.52. The Bertz CT molecular complexity index is 1570. The maximum absolute atomic E-state index is 11.8. The van der Waals surface area contributed by atoms with Gasteiger partial charge in [0.05, 0.1) is 43.1 Å². The van der Waals surface area contributed by atoms with E-state index >= 15 is 0 Å². The second-order valence-electron chi connectivity index (χ2n) is 6.71. The standard InChI is InChI=1S/C12H10ClN3O4.C10H4ClN3O3/c1-2-20-12(17)8(6-14)7-15-11-4-3-9(16(18)19)5-10(11)13;11-8-2-6(14(16)17)1-7-9(8)13-4-5(3-12)10(7)15/h3-5,7,15H,2H2,1H3;1-2,4H,(H,13,15)/b8-7-;. The summed E-state index contributed by atoms with van der Waals surface area (Å²) in [6.07, 6.45) is 2.35. The summed E-state index contributed by atoms with van der Waals surface area (Å²) in [5, 5.41) is 41.5. The Labute approximate surface area is 217 Å². The van der Waals surface area contributed by atoms with Crippen molar-refractivity contribution in [3.05, 3.63) is 94.4 Å². The van der Waals surface area contributed by atoms with E-state index in [1.54, 1.807) is 19.1 Å². The minimum Gasteiger partial charge on any atom is -0.462 e. The number of pyridine rings is 1. The maximum atomic E-state index is 11.8. The highest BCUT2D eigenvalue weighted by Crippen LogP contribution is 2.27. The van der Waals surface area contributed by atoms with Crippen LogP contribution in [0, 0.1) is 42.9 Å². The highest BCUT2D eigenvalue weighted by Gasteiger charge is 2.15. The topological polar surface area (TPSA) is 205 Å². The van der Waals surface area contributed by atoms with Gasteiger partial charge < -0.3 is 15.0 Å². The zero-order valence-electron chi connectivity index (χ0n) is 18.7. The van der Waals surface area contributed by atoms with Gasteiger partial charge in [0.15, 0.2) is 5.57 Å². The predicted molar refractivity (Wildman–Crippen MR) is 133 cm³/mol. The molecule has 0 fully saturated rings. The van der Waals surface area contributed by atoms with Crippen molar-refractivity contribution in [2.75, 3.05) is 11.9 Å². The van der Waals surface area contributed by atoms with Gasteiger partial charge in [-0.25, -0.2) is 4.79 Å². The molecule has 0 aliphatic rings. The number of benzene rings is 2. The fourth-order valence-electron chi connectivity index (χ4n) is 2.69. The van der Waals surface area contributed by atoms with Crippen LogP contribution in [0.2, 0.25) is 10.0 Å². The summed E-state index contributed by atoms with van der Waals surface area (Å²) < 4.78 is 4.67. The third-order valence-corrected chi connectivity index (χ3v) is 5.02. The molecule has 0 spiro atoms. The van der Waals surface area contributed by atoms with E-state index in [4.69, 9.17) is 33.7 Å². The summed E-state index contributed by atoms with van der Waals surface area (Å²) in [6, 6.07) is 9.40. The molecule has 15 heteroatoms. The number of hydrogen-bond acceptors (Lipinski definition) is 10. The molecular weight excluding hydrogens is 531 g/mol. The molecule has 1 aromatic heterocycles. The number of nitrogens with one attached hydrogen (secondary N) is 2. The molecule has 1 heterocycles. The number of ether oxygens (including phenoxy) is 1. The van der Waals surface area contributed by atoms with E-state index in [9.17, 15) is 29.8 Å².